The molecule has 0 saturated carbocycles. The zero-order chi connectivity index (χ0) is 13.5. The van der Waals surface area contributed by atoms with Crippen LogP contribution in [0.3, 0.4) is 0 Å². The standard InChI is InChI=1S/C13H15ClO3S/c1-3-17-12(15)8-18-9(2)13(16)10-4-6-11(14)7-5-10/h4-7,9H,3,8H2,1-2H3. The number of hydrogen-bond donors (Lipinski definition) is 0. The number of ether oxygens (including phenoxy) is 1. The van der Waals surface area contributed by atoms with Crippen molar-refractivity contribution >= 4 is 35.1 Å². The van der Waals surface area contributed by atoms with Crippen LogP contribution in [0, 0.1) is 0 Å². The van der Waals surface area contributed by atoms with Crippen molar-refractivity contribution in [3.05, 3.63) is 34.9 Å². The molecule has 1 atom stereocenters. The van der Waals surface area contributed by atoms with Crippen LogP contribution in [0.2, 0.25) is 5.02 Å². The highest BCUT2D eigenvalue weighted by Gasteiger charge is 2.17. The van der Waals surface area contributed by atoms with Crippen molar-refractivity contribution in [1.82, 2.24) is 0 Å². The Kier molecular flexibility index (Phi) is 6.22. The van der Waals surface area contributed by atoms with Gasteiger partial charge in [-0.2, -0.15) is 0 Å². The number of Topliss-reactive ketones (excluding diaryl/α,β-unsaturated/α-hetero) is 1. The zero-order valence-electron chi connectivity index (χ0n) is 10.3. The molecular formula is C13H15ClO3S. The lowest BCUT2D eigenvalue weighted by Gasteiger charge is -2.09. The molecule has 0 heterocycles. The average Bonchev–Trinajstić information content (AvgIpc) is 2.36. The van der Waals surface area contributed by atoms with Crippen LogP contribution in [0.1, 0.15) is 24.2 Å². The molecule has 1 aromatic carbocycles. The van der Waals surface area contributed by atoms with Gasteiger partial charge in [-0.1, -0.05) is 11.6 Å². The van der Waals surface area contributed by atoms with E-state index in [-0.39, 0.29) is 22.8 Å². The Bertz CT molecular complexity index is 417. The molecule has 0 N–H and O–H groups in total. The van der Waals surface area contributed by atoms with Crippen LogP contribution in [0.5, 0.6) is 0 Å². The zero-order valence-corrected chi connectivity index (χ0v) is 11.9. The molecule has 3 nitrogen and oxygen atoms in total. The van der Waals surface area contributed by atoms with Crippen molar-refractivity contribution < 1.29 is 14.3 Å². The van der Waals surface area contributed by atoms with E-state index in [0.29, 0.717) is 17.2 Å². The highest BCUT2D eigenvalue weighted by atomic mass is 35.5. The second-order valence-corrected chi connectivity index (χ2v) is 5.39. The summed E-state index contributed by atoms with van der Waals surface area (Å²) < 4.78 is 4.80. The largest absolute Gasteiger partial charge is 0.465 e. The minimum atomic E-state index is -0.293. The van der Waals surface area contributed by atoms with E-state index in [1.807, 2.05) is 0 Å². The smallest absolute Gasteiger partial charge is 0.315 e. The molecule has 0 saturated heterocycles. The third kappa shape index (κ3) is 4.70. The van der Waals surface area contributed by atoms with Crippen LogP contribution in [0.15, 0.2) is 24.3 Å². The summed E-state index contributed by atoms with van der Waals surface area (Å²) in [5.41, 5.74) is 0.600. The second kappa shape index (κ2) is 7.44. The van der Waals surface area contributed by atoms with Gasteiger partial charge in [-0.05, 0) is 38.1 Å². The van der Waals surface area contributed by atoms with Gasteiger partial charge in [0.2, 0.25) is 0 Å². The third-order valence-electron chi connectivity index (χ3n) is 2.25. The SMILES string of the molecule is CCOC(=O)CSC(C)C(=O)c1ccc(Cl)cc1. The molecule has 18 heavy (non-hydrogen) atoms. The quantitative estimate of drug-likeness (QED) is 0.595. The van der Waals surface area contributed by atoms with Gasteiger partial charge in [0.05, 0.1) is 17.6 Å². The van der Waals surface area contributed by atoms with Gasteiger partial charge in [0.1, 0.15) is 0 Å². The molecule has 0 radical (unpaired) electrons. The van der Waals surface area contributed by atoms with E-state index in [2.05, 4.69) is 0 Å². The normalized spacial score (nSPS) is 11.9. The van der Waals surface area contributed by atoms with E-state index >= 15 is 0 Å². The maximum Gasteiger partial charge on any atom is 0.315 e. The molecule has 0 aliphatic heterocycles. The van der Waals surface area contributed by atoms with Crippen molar-refractivity contribution in [2.45, 2.75) is 19.1 Å². The Morgan fingerprint density at radius 1 is 1.33 bits per heavy atom. The third-order valence-corrected chi connectivity index (χ3v) is 3.62. The second-order valence-electron chi connectivity index (χ2n) is 3.63. The summed E-state index contributed by atoms with van der Waals surface area (Å²) >= 11 is 7.03. The fourth-order valence-electron chi connectivity index (χ4n) is 1.32. The molecule has 1 rings (SSSR count). The molecule has 0 spiro atoms. The lowest BCUT2D eigenvalue weighted by atomic mass is 10.1. The molecule has 0 bridgehead atoms. The monoisotopic (exact) mass is 286 g/mol. The van der Waals surface area contributed by atoms with Gasteiger partial charge in [-0.25, -0.2) is 0 Å². The fraction of sp³-hybridized carbons (Fsp3) is 0.385. The van der Waals surface area contributed by atoms with Gasteiger partial charge in [0.25, 0.3) is 0 Å². The maximum absolute atomic E-state index is 12.0. The van der Waals surface area contributed by atoms with Crippen LogP contribution in [-0.4, -0.2) is 29.4 Å². The van der Waals surface area contributed by atoms with Crippen LogP contribution in [0.4, 0.5) is 0 Å². The number of rotatable bonds is 6. The minimum Gasteiger partial charge on any atom is -0.465 e. The highest BCUT2D eigenvalue weighted by molar-refractivity contribution is 8.01. The van der Waals surface area contributed by atoms with Gasteiger partial charge in [-0.15, -0.1) is 11.8 Å². The summed E-state index contributed by atoms with van der Waals surface area (Å²) in [6, 6.07) is 6.73. The van der Waals surface area contributed by atoms with Crippen LogP contribution in [-0.2, 0) is 9.53 Å². The first-order valence-corrected chi connectivity index (χ1v) is 7.04. The summed E-state index contributed by atoms with van der Waals surface area (Å²) in [7, 11) is 0. The van der Waals surface area contributed by atoms with Crippen molar-refractivity contribution in [2.24, 2.45) is 0 Å². The Balaban J connectivity index is 2.51. The molecule has 5 heteroatoms. The predicted octanol–water partition coefficient (Wildman–Crippen LogP) is 3.21. The molecule has 0 aromatic heterocycles. The number of carbonyl (C=O) groups is 2. The highest BCUT2D eigenvalue weighted by Crippen LogP contribution is 2.18. The molecule has 0 fully saturated rings. The first-order chi connectivity index (χ1) is 8.54. The molecule has 1 unspecified atom stereocenters. The number of halogens is 1. The topological polar surface area (TPSA) is 43.4 Å². The van der Waals surface area contributed by atoms with Gasteiger partial charge >= 0.3 is 5.97 Å². The molecular weight excluding hydrogens is 272 g/mol. The Morgan fingerprint density at radius 2 is 1.94 bits per heavy atom. The van der Waals surface area contributed by atoms with Crippen molar-refractivity contribution in [3.63, 3.8) is 0 Å². The van der Waals surface area contributed by atoms with E-state index < -0.39 is 0 Å². The molecule has 0 amide bonds. The molecule has 0 aliphatic carbocycles. The number of ketones is 1. The number of thioether (sulfide) groups is 1. The van der Waals surface area contributed by atoms with Crippen LogP contribution < -0.4 is 0 Å². The summed E-state index contributed by atoms with van der Waals surface area (Å²) in [4.78, 5) is 23.2. The molecule has 1 aromatic rings. The predicted molar refractivity (Wildman–Crippen MR) is 74.3 cm³/mol. The Hall–Kier alpha value is -1.00. The van der Waals surface area contributed by atoms with E-state index in [1.165, 1.54) is 11.8 Å². The summed E-state index contributed by atoms with van der Waals surface area (Å²) in [6.07, 6.45) is 0. The average molecular weight is 287 g/mol. The molecule has 0 aliphatic rings. The van der Waals surface area contributed by atoms with E-state index in [4.69, 9.17) is 16.3 Å². The fourth-order valence-corrected chi connectivity index (χ4v) is 2.20. The van der Waals surface area contributed by atoms with Crippen molar-refractivity contribution in [3.8, 4) is 0 Å². The van der Waals surface area contributed by atoms with E-state index in [1.54, 1.807) is 38.1 Å². The first kappa shape index (κ1) is 15.1. The summed E-state index contributed by atoms with van der Waals surface area (Å²) in [5.74, 6) is -0.117. The minimum absolute atomic E-state index is 0.0130. The molecule has 98 valence electrons. The number of esters is 1. The first-order valence-electron chi connectivity index (χ1n) is 5.61. The number of hydrogen-bond acceptors (Lipinski definition) is 4. The van der Waals surface area contributed by atoms with Crippen molar-refractivity contribution in [2.75, 3.05) is 12.4 Å². The van der Waals surface area contributed by atoms with Crippen LogP contribution in [0.25, 0.3) is 0 Å². The van der Waals surface area contributed by atoms with E-state index in [0.717, 1.165) is 0 Å². The van der Waals surface area contributed by atoms with E-state index in [9.17, 15) is 9.59 Å². The van der Waals surface area contributed by atoms with Crippen molar-refractivity contribution in [1.29, 1.82) is 0 Å². The number of benzene rings is 1. The number of carbonyl (C=O) groups excluding carboxylic acids is 2. The lowest BCUT2D eigenvalue weighted by molar-refractivity contribution is -0.139. The van der Waals surface area contributed by atoms with Gasteiger partial charge in [0.15, 0.2) is 5.78 Å². The van der Waals surface area contributed by atoms with Crippen LogP contribution >= 0.6 is 23.4 Å². The Morgan fingerprint density at radius 3 is 2.50 bits per heavy atom. The Labute approximate surface area is 116 Å². The summed E-state index contributed by atoms with van der Waals surface area (Å²) in [5, 5.41) is 0.314. The van der Waals surface area contributed by atoms with Gasteiger partial charge in [-0.3, -0.25) is 9.59 Å². The lowest BCUT2D eigenvalue weighted by Crippen LogP contribution is -2.17. The van der Waals surface area contributed by atoms with Gasteiger partial charge in [0, 0.05) is 10.6 Å². The maximum atomic E-state index is 12.0. The van der Waals surface area contributed by atoms with Gasteiger partial charge < -0.3 is 4.74 Å². The summed E-state index contributed by atoms with van der Waals surface area (Å²) in [6.45, 7) is 3.89.